The van der Waals surface area contributed by atoms with Crippen LogP contribution in [0.2, 0.25) is 0 Å². The maximum absolute atomic E-state index is 12.4. The molecule has 0 saturated heterocycles. The summed E-state index contributed by atoms with van der Waals surface area (Å²) in [5.41, 5.74) is 2.29. The van der Waals surface area contributed by atoms with E-state index in [-0.39, 0.29) is 23.0 Å². The number of hydrogen-bond acceptors (Lipinski definition) is 5. The first-order valence-corrected chi connectivity index (χ1v) is 8.68. The van der Waals surface area contributed by atoms with Gasteiger partial charge in [-0.2, -0.15) is 8.42 Å². The van der Waals surface area contributed by atoms with Gasteiger partial charge in [0.25, 0.3) is 0 Å². The SMILES string of the molecule is Cc1ccccc1/C=C1\Oc2cc(OS(C)(=O)=O)ccc2C1=O. The Kier molecular flexibility index (Phi) is 3.69. The quantitative estimate of drug-likeness (QED) is 0.639. The Morgan fingerprint density at radius 3 is 2.57 bits per heavy atom. The van der Waals surface area contributed by atoms with Gasteiger partial charge in [-0.15, -0.1) is 0 Å². The number of allylic oxidation sites excluding steroid dienone is 1. The van der Waals surface area contributed by atoms with Crippen LogP contribution in [0, 0.1) is 6.92 Å². The van der Waals surface area contributed by atoms with Crippen LogP contribution in [-0.2, 0) is 10.1 Å². The minimum absolute atomic E-state index is 0.108. The molecule has 3 rings (SSSR count). The van der Waals surface area contributed by atoms with Crippen LogP contribution in [0.15, 0.2) is 48.2 Å². The molecule has 1 aliphatic rings. The maximum atomic E-state index is 12.4. The number of carbonyl (C=O) groups is 1. The number of ether oxygens (including phenoxy) is 1. The Bertz CT molecular complexity index is 926. The molecule has 0 N–H and O–H groups in total. The van der Waals surface area contributed by atoms with E-state index in [4.69, 9.17) is 8.92 Å². The molecule has 1 aliphatic heterocycles. The number of fused-ring (bicyclic) bond motifs is 1. The fourth-order valence-electron chi connectivity index (χ4n) is 2.28. The van der Waals surface area contributed by atoms with Gasteiger partial charge in [-0.05, 0) is 36.3 Å². The lowest BCUT2D eigenvalue weighted by molar-refractivity contribution is 0.101. The van der Waals surface area contributed by atoms with Crippen LogP contribution in [-0.4, -0.2) is 20.5 Å². The normalized spacial score (nSPS) is 15.4. The highest BCUT2D eigenvalue weighted by Gasteiger charge is 2.28. The molecule has 1 heterocycles. The van der Waals surface area contributed by atoms with Crippen molar-refractivity contribution in [2.24, 2.45) is 0 Å². The van der Waals surface area contributed by atoms with E-state index in [1.807, 2.05) is 31.2 Å². The van der Waals surface area contributed by atoms with Crippen LogP contribution in [0.1, 0.15) is 21.5 Å². The van der Waals surface area contributed by atoms with Gasteiger partial charge in [0, 0.05) is 6.07 Å². The topological polar surface area (TPSA) is 69.7 Å². The summed E-state index contributed by atoms with van der Waals surface area (Å²) in [7, 11) is -3.63. The van der Waals surface area contributed by atoms with E-state index in [0.717, 1.165) is 17.4 Å². The molecule has 0 radical (unpaired) electrons. The number of rotatable bonds is 3. The zero-order valence-corrected chi connectivity index (χ0v) is 13.4. The molecule has 0 amide bonds. The second-order valence-electron chi connectivity index (χ2n) is 5.24. The highest BCUT2D eigenvalue weighted by Crippen LogP contribution is 2.35. The number of ketones is 1. The van der Waals surface area contributed by atoms with Gasteiger partial charge in [0.2, 0.25) is 5.78 Å². The second-order valence-corrected chi connectivity index (χ2v) is 6.82. The number of aryl methyl sites for hydroxylation is 1. The average Bonchev–Trinajstić information content (AvgIpc) is 2.76. The highest BCUT2D eigenvalue weighted by molar-refractivity contribution is 7.86. The van der Waals surface area contributed by atoms with E-state index >= 15 is 0 Å². The van der Waals surface area contributed by atoms with Crippen LogP contribution < -0.4 is 8.92 Å². The number of carbonyl (C=O) groups excluding carboxylic acids is 1. The number of benzene rings is 2. The van der Waals surface area contributed by atoms with Gasteiger partial charge in [-0.3, -0.25) is 4.79 Å². The second kappa shape index (κ2) is 5.55. The van der Waals surface area contributed by atoms with Gasteiger partial charge in [-0.25, -0.2) is 0 Å². The maximum Gasteiger partial charge on any atom is 0.306 e. The molecule has 0 atom stereocenters. The predicted octanol–water partition coefficient (Wildman–Crippen LogP) is 2.95. The van der Waals surface area contributed by atoms with Crippen molar-refractivity contribution >= 4 is 22.0 Å². The molecule has 0 unspecified atom stereocenters. The first-order chi connectivity index (χ1) is 10.8. The standard InChI is InChI=1S/C17H14O5S/c1-11-5-3-4-6-12(11)9-16-17(18)14-8-7-13(10-15(14)21-16)22-23(2,19)20/h3-10H,1-2H3/b16-9-. The van der Waals surface area contributed by atoms with Crippen molar-refractivity contribution in [2.45, 2.75) is 6.92 Å². The van der Waals surface area contributed by atoms with Crippen LogP contribution in [0.4, 0.5) is 0 Å². The minimum atomic E-state index is -3.63. The lowest BCUT2D eigenvalue weighted by atomic mass is 10.1. The van der Waals surface area contributed by atoms with E-state index in [1.165, 1.54) is 18.2 Å². The Balaban J connectivity index is 1.94. The third kappa shape index (κ3) is 3.27. The smallest absolute Gasteiger partial charge is 0.306 e. The molecular weight excluding hydrogens is 316 g/mol. The molecule has 23 heavy (non-hydrogen) atoms. The van der Waals surface area contributed by atoms with Crippen LogP contribution in [0.5, 0.6) is 11.5 Å². The Hall–Kier alpha value is -2.60. The van der Waals surface area contributed by atoms with E-state index in [1.54, 1.807) is 6.08 Å². The van der Waals surface area contributed by atoms with Crippen LogP contribution >= 0.6 is 0 Å². The summed E-state index contributed by atoms with van der Waals surface area (Å²) >= 11 is 0. The van der Waals surface area contributed by atoms with E-state index in [9.17, 15) is 13.2 Å². The van der Waals surface area contributed by atoms with E-state index in [0.29, 0.717) is 5.56 Å². The molecule has 0 aliphatic carbocycles. The molecule has 5 nitrogen and oxygen atoms in total. The molecule has 0 saturated carbocycles. The Morgan fingerprint density at radius 1 is 1.13 bits per heavy atom. The molecule has 2 aromatic carbocycles. The number of hydrogen-bond donors (Lipinski definition) is 0. The molecule has 0 spiro atoms. The first-order valence-electron chi connectivity index (χ1n) is 6.87. The lowest BCUT2D eigenvalue weighted by Gasteiger charge is -2.04. The van der Waals surface area contributed by atoms with Crippen molar-refractivity contribution in [3.05, 3.63) is 64.9 Å². The molecule has 0 bridgehead atoms. The van der Waals surface area contributed by atoms with Gasteiger partial charge < -0.3 is 8.92 Å². The molecule has 6 heteroatoms. The fraction of sp³-hybridized carbons (Fsp3) is 0.118. The van der Waals surface area contributed by atoms with Crippen molar-refractivity contribution in [3.8, 4) is 11.5 Å². The van der Waals surface area contributed by atoms with Gasteiger partial charge in [0.05, 0.1) is 11.8 Å². The lowest BCUT2D eigenvalue weighted by Crippen LogP contribution is -2.05. The van der Waals surface area contributed by atoms with Crippen molar-refractivity contribution in [1.29, 1.82) is 0 Å². The molecule has 0 aromatic heterocycles. The summed E-state index contributed by atoms with van der Waals surface area (Å²) in [4.78, 5) is 12.4. The van der Waals surface area contributed by atoms with Crippen molar-refractivity contribution in [2.75, 3.05) is 6.26 Å². The summed E-state index contributed by atoms with van der Waals surface area (Å²) in [6.45, 7) is 1.94. The van der Waals surface area contributed by atoms with E-state index < -0.39 is 10.1 Å². The third-order valence-corrected chi connectivity index (χ3v) is 3.86. The van der Waals surface area contributed by atoms with Crippen molar-refractivity contribution in [1.82, 2.24) is 0 Å². The van der Waals surface area contributed by atoms with Crippen LogP contribution in [0.3, 0.4) is 0 Å². The summed E-state index contributed by atoms with van der Waals surface area (Å²) in [5.74, 6) is 0.354. The van der Waals surface area contributed by atoms with Gasteiger partial charge in [0.15, 0.2) is 5.76 Å². The van der Waals surface area contributed by atoms with Crippen molar-refractivity contribution < 1.29 is 22.1 Å². The van der Waals surface area contributed by atoms with E-state index in [2.05, 4.69) is 0 Å². The molecule has 0 fully saturated rings. The Labute approximate surface area is 134 Å². The van der Waals surface area contributed by atoms with Crippen molar-refractivity contribution in [3.63, 3.8) is 0 Å². The fourth-order valence-corrected chi connectivity index (χ4v) is 2.74. The third-order valence-electron chi connectivity index (χ3n) is 3.36. The first kappa shape index (κ1) is 15.3. The largest absolute Gasteiger partial charge is 0.452 e. The Morgan fingerprint density at radius 2 is 1.87 bits per heavy atom. The summed E-state index contributed by atoms with van der Waals surface area (Å²) in [6, 6.07) is 11.9. The average molecular weight is 330 g/mol. The predicted molar refractivity (Wildman–Crippen MR) is 86.0 cm³/mol. The minimum Gasteiger partial charge on any atom is -0.452 e. The molecular formula is C17H14O5S. The molecule has 2 aromatic rings. The van der Waals surface area contributed by atoms with Gasteiger partial charge >= 0.3 is 10.1 Å². The number of Topliss-reactive ketones (excluding diaryl/α,β-unsaturated/α-hetero) is 1. The highest BCUT2D eigenvalue weighted by atomic mass is 32.2. The summed E-state index contributed by atoms with van der Waals surface area (Å²) < 4.78 is 32.7. The van der Waals surface area contributed by atoms with Gasteiger partial charge in [0.1, 0.15) is 11.5 Å². The summed E-state index contributed by atoms with van der Waals surface area (Å²) in [5, 5.41) is 0. The zero-order chi connectivity index (χ0) is 16.6. The summed E-state index contributed by atoms with van der Waals surface area (Å²) in [6.07, 6.45) is 2.63. The molecule has 118 valence electrons. The zero-order valence-electron chi connectivity index (χ0n) is 12.6. The van der Waals surface area contributed by atoms with Crippen LogP contribution in [0.25, 0.3) is 6.08 Å². The monoisotopic (exact) mass is 330 g/mol. The van der Waals surface area contributed by atoms with Gasteiger partial charge in [-0.1, -0.05) is 24.3 Å².